The molecule has 0 amide bonds. The van der Waals surface area contributed by atoms with Crippen LogP contribution >= 0.6 is 0 Å². The smallest absolute Gasteiger partial charge is 0.337 e. The summed E-state index contributed by atoms with van der Waals surface area (Å²) in [4.78, 5) is 23.3. The normalized spacial score (nSPS) is 10.3. The fourth-order valence-corrected chi connectivity index (χ4v) is 3.88. The Bertz CT molecular complexity index is 1420. The van der Waals surface area contributed by atoms with E-state index in [1.165, 1.54) is 14.2 Å². The average Bonchev–Trinajstić information content (AvgIpc) is 3.69. The zero-order valence-electron chi connectivity index (χ0n) is 21.6. The van der Waals surface area contributed by atoms with Crippen molar-refractivity contribution in [1.82, 2.24) is 20.4 Å². The summed E-state index contributed by atoms with van der Waals surface area (Å²) in [5.74, 6) is -0.744. The lowest BCUT2D eigenvalue weighted by Gasteiger charge is -2.01. The van der Waals surface area contributed by atoms with E-state index in [9.17, 15) is 9.59 Å². The molecule has 0 saturated heterocycles. The number of hydrogen-bond donors (Lipinski definition) is 2. The molecule has 2 N–H and O–H groups in total. The van der Waals surface area contributed by atoms with Gasteiger partial charge in [0.2, 0.25) is 0 Å². The topological polar surface area (TPSA) is 110 Å². The Morgan fingerprint density at radius 2 is 0.974 bits per heavy atom. The minimum atomic E-state index is -0.372. The number of methoxy groups -OCH3 is 2. The average molecular weight is 509 g/mol. The van der Waals surface area contributed by atoms with Crippen LogP contribution in [-0.4, -0.2) is 46.6 Å². The van der Waals surface area contributed by atoms with Crippen LogP contribution in [-0.2, 0) is 9.47 Å². The van der Waals surface area contributed by atoms with Gasteiger partial charge < -0.3 is 9.47 Å². The highest BCUT2D eigenvalue weighted by atomic mass is 16.5. The van der Waals surface area contributed by atoms with Crippen molar-refractivity contribution in [1.29, 1.82) is 0 Å². The van der Waals surface area contributed by atoms with E-state index in [1.807, 2.05) is 74.5 Å². The molecule has 0 atom stereocenters. The lowest BCUT2D eigenvalue weighted by atomic mass is 10.0. The fourth-order valence-electron chi connectivity index (χ4n) is 3.88. The third-order valence-corrected chi connectivity index (χ3v) is 5.84. The molecule has 8 nitrogen and oxygen atoms in total. The van der Waals surface area contributed by atoms with E-state index in [-0.39, 0.29) is 11.9 Å². The molecule has 0 aliphatic rings. The van der Waals surface area contributed by atoms with Gasteiger partial charge in [-0.1, -0.05) is 56.3 Å². The van der Waals surface area contributed by atoms with E-state index >= 15 is 0 Å². The monoisotopic (exact) mass is 508 g/mol. The van der Waals surface area contributed by atoms with E-state index in [1.54, 1.807) is 24.3 Å². The van der Waals surface area contributed by atoms with Crippen molar-refractivity contribution < 1.29 is 19.1 Å². The van der Waals surface area contributed by atoms with Crippen LogP contribution in [0.5, 0.6) is 0 Å². The van der Waals surface area contributed by atoms with E-state index < -0.39 is 0 Å². The standard InChI is InChI=1S/C28H22N4O4.C2H6/c1-35-27(33)19-10-6-17(7-11-19)23-15-25(31-29-23)21-4-3-5-22(14-21)26-16-24(30-32-26)18-8-12-20(13-9-18)28(34)36-2;1-2/h3-16H,1-2H3,(H,29,31)(H,30,32);1-2H3. The molecule has 38 heavy (non-hydrogen) atoms. The van der Waals surface area contributed by atoms with Gasteiger partial charge in [0.05, 0.1) is 48.1 Å². The second-order valence-corrected chi connectivity index (χ2v) is 8.05. The molecular weight excluding hydrogens is 480 g/mol. The maximum absolute atomic E-state index is 11.7. The number of esters is 2. The van der Waals surface area contributed by atoms with E-state index in [0.717, 1.165) is 45.0 Å². The highest BCUT2D eigenvalue weighted by Crippen LogP contribution is 2.29. The van der Waals surface area contributed by atoms with Crippen LogP contribution in [0.3, 0.4) is 0 Å². The molecule has 0 saturated carbocycles. The van der Waals surface area contributed by atoms with Crippen LogP contribution in [0.2, 0.25) is 0 Å². The molecule has 3 aromatic carbocycles. The quantitative estimate of drug-likeness (QED) is 0.257. The molecule has 5 aromatic rings. The van der Waals surface area contributed by atoms with Crippen LogP contribution in [0.4, 0.5) is 0 Å². The fraction of sp³-hybridized carbons (Fsp3) is 0.133. The highest BCUT2D eigenvalue weighted by molar-refractivity contribution is 5.90. The number of hydrogen-bond acceptors (Lipinski definition) is 6. The van der Waals surface area contributed by atoms with Gasteiger partial charge in [0.1, 0.15) is 0 Å². The van der Waals surface area contributed by atoms with E-state index in [4.69, 9.17) is 9.47 Å². The van der Waals surface area contributed by atoms with Crippen LogP contribution in [0.25, 0.3) is 45.0 Å². The predicted octanol–water partition coefficient (Wildman–Crippen LogP) is 6.40. The van der Waals surface area contributed by atoms with Crippen LogP contribution < -0.4 is 0 Å². The molecule has 2 aromatic heterocycles. The van der Waals surface area contributed by atoms with Crippen LogP contribution in [0.1, 0.15) is 34.6 Å². The molecule has 2 heterocycles. The molecule has 0 aliphatic carbocycles. The second-order valence-electron chi connectivity index (χ2n) is 8.05. The van der Waals surface area contributed by atoms with Crippen molar-refractivity contribution >= 4 is 11.9 Å². The van der Waals surface area contributed by atoms with Crippen molar-refractivity contribution in [3.8, 4) is 45.0 Å². The number of benzene rings is 3. The van der Waals surface area contributed by atoms with Gasteiger partial charge in [-0.05, 0) is 53.6 Å². The first-order chi connectivity index (χ1) is 18.6. The number of aromatic nitrogens is 4. The van der Waals surface area contributed by atoms with Gasteiger partial charge in [-0.3, -0.25) is 10.2 Å². The van der Waals surface area contributed by atoms with E-state index in [0.29, 0.717) is 11.1 Å². The minimum Gasteiger partial charge on any atom is -0.465 e. The summed E-state index contributed by atoms with van der Waals surface area (Å²) >= 11 is 0. The molecule has 0 aliphatic heterocycles. The first kappa shape index (κ1) is 26.1. The Balaban J connectivity index is 0.00000164. The molecule has 0 unspecified atom stereocenters. The number of nitrogens with zero attached hydrogens (tertiary/aromatic N) is 2. The van der Waals surface area contributed by atoms with E-state index in [2.05, 4.69) is 20.4 Å². The molecule has 0 fully saturated rings. The van der Waals surface area contributed by atoms with Crippen molar-refractivity contribution in [2.45, 2.75) is 13.8 Å². The zero-order valence-corrected chi connectivity index (χ0v) is 21.6. The van der Waals surface area contributed by atoms with Gasteiger partial charge in [-0.2, -0.15) is 10.2 Å². The molecule has 0 bridgehead atoms. The van der Waals surface area contributed by atoms with Gasteiger partial charge in [-0.15, -0.1) is 0 Å². The molecule has 8 heteroatoms. The SMILES string of the molecule is CC.COC(=O)c1ccc(-c2cc(-c3cccc(-c4cc(-c5ccc(C(=O)OC)cc5)[nH]n4)c3)n[nH]2)cc1. The van der Waals surface area contributed by atoms with Gasteiger partial charge in [0, 0.05) is 11.1 Å². The van der Waals surface area contributed by atoms with Gasteiger partial charge in [-0.25, -0.2) is 9.59 Å². The lowest BCUT2D eigenvalue weighted by molar-refractivity contribution is 0.0592. The van der Waals surface area contributed by atoms with Crippen LogP contribution in [0.15, 0.2) is 84.9 Å². The number of aromatic amines is 2. The second kappa shape index (κ2) is 11.8. The first-order valence-corrected chi connectivity index (χ1v) is 12.1. The molecule has 192 valence electrons. The number of ether oxygens (including phenoxy) is 2. The Labute approximate surface area is 220 Å². The summed E-state index contributed by atoms with van der Waals surface area (Å²) in [6.07, 6.45) is 0. The zero-order chi connectivity index (χ0) is 27.1. The molecule has 0 spiro atoms. The molecular formula is C30H28N4O4. The largest absolute Gasteiger partial charge is 0.465 e. The summed E-state index contributed by atoms with van der Waals surface area (Å²) in [6, 6.07) is 26.2. The number of carbonyl (C=O) groups is 2. The first-order valence-electron chi connectivity index (χ1n) is 12.1. The summed E-state index contributed by atoms with van der Waals surface area (Å²) in [6.45, 7) is 4.00. The summed E-state index contributed by atoms with van der Waals surface area (Å²) in [7, 11) is 2.72. The highest BCUT2D eigenvalue weighted by Gasteiger charge is 2.12. The lowest BCUT2D eigenvalue weighted by Crippen LogP contribution is -2.00. The van der Waals surface area contributed by atoms with Gasteiger partial charge >= 0.3 is 11.9 Å². The van der Waals surface area contributed by atoms with Crippen molar-refractivity contribution in [2.75, 3.05) is 14.2 Å². The minimum absolute atomic E-state index is 0.372. The Morgan fingerprint density at radius 1 is 0.579 bits per heavy atom. The van der Waals surface area contributed by atoms with Crippen molar-refractivity contribution in [2.24, 2.45) is 0 Å². The molecule has 5 rings (SSSR count). The predicted molar refractivity (Wildman–Crippen MR) is 147 cm³/mol. The Morgan fingerprint density at radius 3 is 1.34 bits per heavy atom. The number of nitrogens with one attached hydrogen (secondary N) is 2. The number of rotatable bonds is 6. The Kier molecular flexibility index (Phi) is 8.13. The van der Waals surface area contributed by atoms with Crippen molar-refractivity contribution in [3.05, 3.63) is 96.1 Å². The maximum Gasteiger partial charge on any atom is 0.337 e. The number of H-pyrrole nitrogens is 2. The van der Waals surface area contributed by atoms with Gasteiger partial charge in [0.15, 0.2) is 0 Å². The number of carbonyl (C=O) groups excluding carboxylic acids is 2. The summed E-state index contributed by atoms with van der Waals surface area (Å²) in [5, 5.41) is 15.1. The van der Waals surface area contributed by atoms with Crippen molar-refractivity contribution in [3.63, 3.8) is 0 Å². The maximum atomic E-state index is 11.7. The summed E-state index contributed by atoms with van der Waals surface area (Å²) in [5.41, 5.74) is 7.93. The Hall–Kier alpha value is -4.98. The summed E-state index contributed by atoms with van der Waals surface area (Å²) < 4.78 is 9.50. The third-order valence-electron chi connectivity index (χ3n) is 5.84. The third kappa shape index (κ3) is 5.54. The molecule has 0 radical (unpaired) electrons. The van der Waals surface area contributed by atoms with Crippen LogP contribution in [0, 0.1) is 0 Å². The van der Waals surface area contributed by atoms with Gasteiger partial charge in [0.25, 0.3) is 0 Å².